The Morgan fingerprint density at radius 1 is 1.00 bits per heavy atom. The Morgan fingerprint density at radius 3 is 2.37 bits per heavy atom. The van der Waals surface area contributed by atoms with Gasteiger partial charge in [0, 0.05) is 36.5 Å². The van der Waals surface area contributed by atoms with Crippen LogP contribution >= 0.6 is 0 Å². The van der Waals surface area contributed by atoms with Crippen LogP contribution in [0.2, 0.25) is 0 Å². The van der Waals surface area contributed by atoms with Crippen LogP contribution in [0.1, 0.15) is 38.5 Å². The third kappa shape index (κ3) is 3.21. The minimum Gasteiger partial charge on any atom is -0.382 e. The number of hydrogen-bond acceptors (Lipinski definition) is 3. The highest BCUT2D eigenvalue weighted by atomic mass is 15.1. The summed E-state index contributed by atoms with van der Waals surface area (Å²) < 4.78 is 0. The molecule has 0 radical (unpaired) electrons. The second kappa shape index (κ2) is 5.83. The third-order valence-corrected chi connectivity index (χ3v) is 4.43. The minimum absolute atomic E-state index is 0.394. The van der Waals surface area contributed by atoms with Gasteiger partial charge in [0.15, 0.2) is 0 Å². The molecule has 104 valence electrons. The first-order chi connectivity index (χ1) is 9.31. The first-order valence-electron chi connectivity index (χ1n) is 7.68. The molecule has 1 aromatic rings. The zero-order valence-corrected chi connectivity index (χ0v) is 11.6. The van der Waals surface area contributed by atoms with Gasteiger partial charge in [0.2, 0.25) is 0 Å². The van der Waals surface area contributed by atoms with E-state index >= 15 is 0 Å². The number of nitrogens with two attached hydrogens (primary N) is 1. The average molecular weight is 259 g/mol. The first-order valence-corrected chi connectivity index (χ1v) is 7.68. The maximum absolute atomic E-state index is 5.95. The monoisotopic (exact) mass is 259 g/mol. The lowest BCUT2D eigenvalue weighted by molar-refractivity contribution is 0.578. The molecule has 3 heteroatoms. The Bertz CT molecular complexity index is 395. The molecule has 2 atom stereocenters. The van der Waals surface area contributed by atoms with Crippen LogP contribution in [0.5, 0.6) is 0 Å². The maximum Gasteiger partial charge on any atom is 0.0367 e. The summed E-state index contributed by atoms with van der Waals surface area (Å²) in [6.45, 7) is 2.43. The van der Waals surface area contributed by atoms with Gasteiger partial charge in [-0.2, -0.15) is 0 Å². The first kappa shape index (κ1) is 12.8. The van der Waals surface area contributed by atoms with Gasteiger partial charge < -0.3 is 16.0 Å². The Hall–Kier alpha value is -1.22. The number of benzene rings is 1. The highest BCUT2D eigenvalue weighted by Gasteiger charge is 2.21. The smallest absolute Gasteiger partial charge is 0.0367 e. The van der Waals surface area contributed by atoms with Crippen molar-refractivity contribution < 1.29 is 0 Å². The quantitative estimate of drug-likeness (QED) is 0.877. The second-order valence-corrected chi connectivity index (χ2v) is 6.01. The van der Waals surface area contributed by atoms with E-state index in [0.717, 1.165) is 12.8 Å². The van der Waals surface area contributed by atoms with Crippen LogP contribution < -0.4 is 16.0 Å². The largest absolute Gasteiger partial charge is 0.382 e. The van der Waals surface area contributed by atoms with Crippen molar-refractivity contribution in [2.45, 2.75) is 50.6 Å². The SMILES string of the molecule is NC1CCC(Nc2ccc(N3CCCCC3)cc2)C1. The molecule has 3 rings (SSSR count). The van der Waals surface area contributed by atoms with Crippen molar-refractivity contribution in [3.05, 3.63) is 24.3 Å². The molecule has 0 spiro atoms. The van der Waals surface area contributed by atoms with Gasteiger partial charge in [-0.1, -0.05) is 0 Å². The standard InChI is InChI=1S/C16H25N3/c17-13-4-5-15(12-13)18-14-6-8-16(9-7-14)19-10-2-1-3-11-19/h6-9,13,15,18H,1-5,10-12,17H2. The molecule has 2 aliphatic rings. The van der Waals surface area contributed by atoms with E-state index in [4.69, 9.17) is 5.73 Å². The minimum atomic E-state index is 0.394. The van der Waals surface area contributed by atoms with Gasteiger partial charge in [0.1, 0.15) is 0 Å². The van der Waals surface area contributed by atoms with Crippen molar-refractivity contribution in [1.29, 1.82) is 0 Å². The van der Waals surface area contributed by atoms with E-state index in [-0.39, 0.29) is 0 Å². The van der Waals surface area contributed by atoms with E-state index in [0.29, 0.717) is 12.1 Å². The molecule has 0 aromatic heterocycles. The highest BCUT2D eigenvalue weighted by molar-refractivity contribution is 5.55. The summed E-state index contributed by atoms with van der Waals surface area (Å²) in [6, 6.07) is 9.90. The van der Waals surface area contributed by atoms with Crippen LogP contribution in [0.3, 0.4) is 0 Å². The number of rotatable bonds is 3. The topological polar surface area (TPSA) is 41.3 Å². The van der Waals surface area contributed by atoms with Gasteiger partial charge in [0.25, 0.3) is 0 Å². The van der Waals surface area contributed by atoms with E-state index in [1.807, 2.05) is 0 Å². The summed E-state index contributed by atoms with van der Waals surface area (Å²) in [6.07, 6.45) is 7.52. The fraction of sp³-hybridized carbons (Fsp3) is 0.625. The fourth-order valence-corrected chi connectivity index (χ4v) is 3.30. The molecule has 2 unspecified atom stereocenters. The van der Waals surface area contributed by atoms with Crippen LogP contribution in [-0.2, 0) is 0 Å². The lowest BCUT2D eigenvalue weighted by atomic mass is 10.1. The molecule has 0 bridgehead atoms. The number of piperidine rings is 1. The zero-order valence-electron chi connectivity index (χ0n) is 11.6. The van der Waals surface area contributed by atoms with E-state index in [1.54, 1.807) is 0 Å². The zero-order chi connectivity index (χ0) is 13.1. The molecule has 3 nitrogen and oxygen atoms in total. The summed E-state index contributed by atoms with van der Waals surface area (Å²) in [7, 11) is 0. The normalized spacial score (nSPS) is 27.5. The van der Waals surface area contributed by atoms with Gasteiger partial charge >= 0.3 is 0 Å². The summed E-state index contributed by atoms with van der Waals surface area (Å²) in [5.74, 6) is 0. The van der Waals surface area contributed by atoms with Crippen LogP contribution in [0, 0.1) is 0 Å². The highest BCUT2D eigenvalue weighted by Crippen LogP contribution is 2.25. The molecule has 1 heterocycles. The average Bonchev–Trinajstić information content (AvgIpc) is 2.86. The number of hydrogen-bond donors (Lipinski definition) is 2. The van der Waals surface area contributed by atoms with Gasteiger partial charge in [-0.15, -0.1) is 0 Å². The Morgan fingerprint density at radius 2 is 1.74 bits per heavy atom. The van der Waals surface area contributed by atoms with E-state index in [1.165, 1.54) is 50.1 Å². The van der Waals surface area contributed by atoms with Crippen molar-refractivity contribution in [1.82, 2.24) is 0 Å². The molecule has 1 aliphatic carbocycles. The second-order valence-electron chi connectivity index (χ2n) is 6.01. The van der Waals surface area contributed by atoms with Crippen molar-refractivity contribution in [3.63, 3.8) is 0 Å². The van der Waals surface area contributed by atoms with Crippen LogP contribution in [0.15, 0.2) is 24.3 Å². The molecule has 2 fully saturated rings. The van der Waals surface area contributed by atoms with Crippen LogP contribution in [0.25, 0.3) is 0 Å². The fourth-order valence-electron chi connectivity index (χ4n) is 3.30. The Balaban J connectivity index is 1.59. The van der Waals surface area contributed by atoms with E-state index in [9.17, 15) is 0 Å². The molecular formula is C16H25N3. The van der Waals surface area contributed by atoms with Gasteiger partial charge in [-0.25, -0.2) is 0 Å². The predicted molar refractivity (Wildman–Crippen MR) is 81.7 cm³/mol. The lowest BCUT2D eigenvalue weighted by Gasteiger charge is -2.29. The van der Waals surface area contributed by atoms with Crippen molar-refractivity contribution in [3.8, 4) is 0 Å². The van der Waals surface area contributed by atoms with Crippen LogP contribution in [-0.4, -0.2) is 25.2 Å². The number of nitrogens with one attached hydrogen (secondary N) is 1. The maximum atomic E-state index is 5.95. The third-order valence-electron chi connectivity index (χ3n) is 4.43. The summed E-state index contributed by atoms with van der Waals surface area (Å²) in [5.41, 5.74) is 8.56. The van der Waals surface area contributed by atoms with E-state index in [2.05, 4.69) is 34.5 Å². The molecule has 0 amide bonds. The van der Waals surface area contributed by atoms with Gasteiger partial charge in [-0.05, 0) is 62.8 Å². The van der Waals surface area contributed by atoms with Gasteiger partial charge in [-0.3, -0.25) is 0 Å². The molecule has 1 saturated heterocycles. The summed E-state index contributed by atoms with van der Waals surface area (Å²) in [4.78, 5) is 2.50. The molecule has 1 saturated carbocycles. The van der Waals surface area contributed by atoms with Crippen molar-refractivity contribution >= 4 is 11.4 Å². The molecular weight excluding hydrogens is 234 g/mol. The van der Waals surface area contributed by atoms with E-state index < -0.39 is 0 Å². The number of nitrogens with zero attached hydrogens (tertiary/aromatic N) is 1. The summed E-state index contributed by atoms with van der Waals surface area (Å²) >= 11 is 0. The molecule has 1 aliphatic heterocycles. The Kier molecular flexibility index (Phi) is 3.92. The lowest BCUT2D eigenvalue weighted by Crippen LogP contribution is -2.29. The molecule has 3 N–H and O–H groups in total. The summed E-state index contributed by atoms with van der Waals surface area (Å²) in [5, 5.41) is 3.60. The number of anilines is 2. The van der Waals surface area contributed by atoms with Gasteiger partial charge in [0.05, 0.1) is 0 Å². The van der Waals surface area contributed by atoms with Crippen LogP contribution in [0.4, 0.5) is 11.4 Å². The predicted octanol–water partition coefficient (Wildman–Crippen LogP) is 2.97. The van der Waals surface area contributed by atoms with Crippen molar-refractivity contribution in [2.75, 3.05) is 23.3 Å². The molecule has 1 aromatic carbocycles. The van der Waals surface area contributed by atoms with Crippen molar-refractivity contribution in [2.24, 2.45) is 5.73 Å². The molecule has 19 heavy (non-hydrogen) atoms. The Labute approximate surface area is 116 Å².